The van der Waals surface area contributed by atoms with Gasteiger partial charge in [0, 0.05) is 24.1 Å². The van der Waals surface area contributed by atoms with E-state index in [4.69, 9.17) is 9.15 Å². The van der Waals surface area contributed by atoms with Gasteiger partial charge < -0.3 is 24.5 Å². The van der Waals surface area contributed by atoms with Gasteiger partial charge >= 0.3 is 0 Å². The molecule has 1 heterocycles. The van der Waals surface area contributed by atoms with Crippen LogP contribution in [0.2, 0.25) is 0 Å². The second-order valence-corrected chi connectivity index (χ2v) is 9.50. The number of phenols is 2. The molecule has 0 aliphatic rings. The standard InChI is InChI=1S/C29H30O6/c1-16(2)10-19-12-21(13-20(26(19)31)11-18-8-6-5-7-9-18)29-28(33)27(32)25-23(34-17(3)4)14-22(30)15-24(25)35-29/h5-9,12-17,30-31,33H,10-11H2,1-4H3. The van der Waals surface area contributed by atoms with Gasteiger partial charge in [-0.1, -0.05) is 44.2 Å². The van der Waals surface area contributed by atoms with Crippen LogP contribution in [0.25, 0.3) is 22.3 Å². The van der Waals surface area contributed by atoms with Crippen LogP contribution in [-0.2, 0) is 12.8 Å². The zero-order valence-electron chi connectivity index (χ0n) is 20.3. The SMILES string of the molecule is CC(C)Cc1cc(-c2oc3cc(O)cc(OC(C)C)c3c(=O)c2O)cc(Cc2ccccc2)c1O. The summed E-state index contributed by atoms with van der Waals surface area (Å²) in [6.45, 7) is 7.70. The van der Waals surface area contributed by atoms with E-state index in [9.17, 15) is 20.1 Å². The summed E-state index contributed by atoms with van der Waals surface area (Å²) < 4.78 is 11.7. The fraction of sp³-hybridized carbons (Fsp3) is 0.276. The number of rotatable bonds is 7. The minimum Gasteiger partial charge on any atom is -0.508 e. The molecule has 0 saturated heterocycles. The number of phenolic OH excluding ortho intramolecular Hbond substituents is 2. The maximum Gasteiger partial charge on any atom is 0.238 e. The topological polar surface area (TPSA) is 100 Å². The summed E-state index contributed by atoms with van der Waals surface area (Å²) in [5.41, 5.74) is 2.29. The number of fused-ring (bicyclic) bond motifs is 1. The monoisotopic (exact) mass is 474 g/mol. The molecule has 0 saturated carbocycles. The molecular weight excluding hydrogens is 444 g/mol. The molecule has 0 bridgehead atoms. The van der Waals surface area contributed by atoms with Crippen molar-refractivity contribution in [2.75, 3.05) is 0 Å². The van der Waals surface area contributed by atoms with Crippen molar-refractivity contribution in [3.8, 4) is 34.3 Å². The highest BCUT2D eigenvalue weighted by Gasteiger charge is 2.22. The number of hydrogen-bond acceptors (Lipinski definition) is 6. The summed E-state index contributed by atoms with van der Waals surface area (Å²) in [5, 5.41) is 32.2. The molecule has 1 aromatic heterocycles. The molecule has 6 heteroatoms. The van der Waals surface area contributed by atoms with E-state index in [0.29, 0.717) is 29.5 Å². The predicted molar refractivity (Wildman–Crippen MR) is 136 cm³/mol. The molecule has 0 atom stereocenters. The minimum absolute atomic E-state index is 0.0251. The lowest BCUT2D eigenvalue weighted by molar-refractivity contribution is 0.244. The van der Waals surface area contributed by atoms with Crippen LogP contribution in [0.1, 0.15) is 44.4 Å². The first-order valence-corrected chi connectivity index (χ1v) is 11.7. The Morgan fingerprint density at radius 2 is 1.57 bits per heavy atom. The van der Waals surface area contributed by atoms with Crippen molar-refractivity contribution in [1.29, 1.82) is 0 Å². The molecule has 0 aliphatic carbocycles. The van der Waals surface area contributed by atoms with Crippen molar-refractivity contribution >= 4 is 11.0 Å². The summed E-state index contributed by atoms with van der Waals surface area (Å²) in [6.07, 6.45) is 0.822. The van der Waals surface area contributed by atoms with Gasteiger partial charge in [0.2, 0.25) is 11.2 Å². The van der Waals surface area contributed by atoms with Gasteiger partial charge in [0.05, 0.1) is 6.10 Å². The quantitative estimate of drug-likeness (QED) is 0.297. The molecule has 0 aliphatic heterocycles. The van der Waals surface area contributed by atoms with Gasteiger partial charge in [-0.3, -0.25) is 4.79 Å². The van der Waals surface area contributed by atoms with Crippen molar-refractivity contribution in [3.05, 3.63) is 81.5 Å². The Morgan fingerprint density at radius 1 is 0.886 bits per heavy atom. The third-order valence-corrected chi connectivity index (χ3v) is 5.68. The van der Waals surface area contributed by atoms with Crippen molar-refractivity contribution < 1.29 is 24.5 Å². The molecule has 182 valence electrons. The van der Waals surface area contributed by atoms with Crippen molar-refractivity contribution in [2.45, 2.75) is 46.6 Å². The summed E-state index contributed by atoms with van der Waals surface area (Å²) in [7, 11) is 0. The van der Waals surface area contributed by atoms with Gasteiger partial charge in [-0.2, -0.15) is 0 Å². The first-order chi connectivity index (χ1) is 16.6. The number of hydrogen-bond donors (Lipinski definition) is 3. The molecule has 3 aromatic carbocycles. The Hall–Kier alpha value is -3.93. The Bertz CT molecular complexity index is 1420. The largest absolute Gasteiger partial charge is 0.508 e. The molecule has 0 unspecified atom stereocenters. The van der Waals surface area contributed by atoms with E-state index in [2.05, 4.69) is 13.8 Å². The Labute approximate surface area is 204 Å². The van der Waals surface area contributed by atoms with Crippen molar-refractivity contribution in [1.82, 2.24) is 0 Å². The first kappa shape index (κ1) is 24.2. The maximum absolute atomic E-state index is 13.2. The lowest BCUT2D eigenvalue weighted by Crippen LogP contribution is -2.10. The Kier molecular flexibility index (Phi) is 6.74. The van der Waals surface area contributed by atoms with Crippen molar-refractivity contribution in [3.63, 3.8) is 0 Å². The van der Waals surface area contributed by atoms with Crippen LogP contribution in [0.3, 0.4) is 0 Å². The molecule has 0 fully saturated rings. The van der Waals surface area contributed by atoms with Gasteiger partial charge in [0.25, 0.3) is 0 Å². The smallest absolute Gasteiger partial charge is 0.238 e. The molecule has 0 radical (unpaired) electrons. The minimum atomic E-state index is -0.653. The van der Waals surface area contributed by atoms with Crippen LogP contribution in [0, 0.1) is 5.92 Å². The van der Waals surface area contributed by atoms with E-state index in [1.54, 1.807) is 26.0 Å². The molecule has 3 N–H and O–H groups in total. The van der Waals surface area contributed by atoms with E-state index in [1.807, 2.05) is 30.3 Å². The molecule has 35 heavy (non-hydrogen) atoms. The second-order valence-electron chi connectivity index (χ2n) is 9.50. The molecule has 0 spiro atoms. The number of aromatic hydroxyl groups is 3. The summed E-state index contributed by atoms with van der Waals surface area (Å²) >= 11 is 0. The van der Waals surface area contributed by atoms with Crippen LogP contribution in [0.4, 0.5) is 0 Å². The average Bonchev–Trinajstić information content (AvgIpc) is 2.78. The van der Waals surface area contributed by atoms with Crippen molar-refractivity contribution in [2.24, 2.45) is 5.92 Å². The lowest BCUT2D eigenvalue weighted by atomic mass is 9.93. The Balaban J connectivity index is 1.93. The molecule has 4 rings (SSSR count). The van der Waals surface area contributed by atoms with Crippen LogP contribution < -0.4 is 10.2 Å². The fourth-order valence-corrected chi connectivity index (χ4v) is 4.24. The molecule has 4 aromatic rings. The van der Waals surface area contributed by atoms with Crippen LogP contribution in [0.15, 0.2) is 63.8 Å². The lowest BCUT2D eigenvalue weighted by Gasteiger charge is -2.16. The highest BCUT2D eigenvalue weighted by atomic mass is 16.5. The summed E-state index contributed by atoms with van der Waals surface area (Å²) in [6, 6.07) is 15.9. The second kappa shape index (κ2) is 9.74. The van der Waals surface area contributed by atoms with Gasteiger partial charge in [0.15, 0.2) is 5.76 Å². The maximum atomic E-state index is 13.2. The number of benzene rings is 3. The fourth-order valence-electron chi connectivity index (χ4n) is 4.24. The normalized spacial score (nSPS) is 11.5. The summed E-state index contributed by atoms with van der Waals surface area (Å²) in [5.74, 6) is -0.0955. The predicted octanol–water partition coefficient (Wildman–Crippen LogP) is 6.15. The van der Waals surface area contributed by atoms with Crippen LogP contribution in [0.5, 0.6) is 23.0 Å². The van der Waals surface area contributed by atoms with Gasteiger partial charge in [-0.15, -0.1) is 0 Å². The van der Waals surface area contributed by atoms with E-state index in [1.165, 1.54) is 12.1 Å². The van der Waals surface area contributed by atoms with Gasteiger partial charge in [0.1, 0.15) is 28.2 Å². The van der Waals surface area contributed by atoms with Crippen LogP contribution in [-0.4, -0.2) is 21.4 Å². The molecule has 0 amide bonds. The first-order valence-electron chi connectivity index (χ1n) is 11.7. The van der Waals surface area contributed by atoms with E-state index < -0.39 is 11.2 Å². The highest BCUT2D eigenvalue weighted by Crippen LogP contribution is 2.39. The Morgan fingerprint density at radius 3 is 2.23 bits per heavy atom. The average molecular weight is 475 g/mol. The third kappa shape index (κ3) is 5.11. The van der Waals surface area contributed by atoms with E-state index in [0.717, 1.165) is 5.56 Å². The zero-order valence-corrected chi connectivity index (χ0v) is 20.3. The zero-order chi connectivity index (χ0) is 25.3. The molecule has 6 nitrogen and oxygen atoms in total. The molecular formula is C29H30O6. The highest BCUT2D eigenvalue weighted by molar-refractivity contribution is 5.88. The third-order valence-electron chi connectivity index (χ3n) is 5.68. The van der Waals surface area contributed by atoms with Gasteiger partial charge in [-0.25, -0.2) is 0 Å². The van der Waals surface area contributed by atoms with Crippen LogP contribution >= 0.6 is 0 Å². The summed E-state index contributed by atoms with van der Waals surface area (Å²) in [4.78, 5) is 13.2. The van der Waals surface area contributed by atoms with E-state index >= 15 is 0 Å². The van der Waals surface area contributed by atoms with E-state index in [-0.39, 0.29) is 46.0 Å². The van der Waals surface area contributed by atoms with Gasteiger partial charge in [-0.05, 0) is 55.0 Å². The number of ether oxygens (including phenoxy) is 1.